The van der Waals surface area contributed by atoms with E-state index in [2.05, 4.69) is 4.98 Å². The molecule has 14 heavy (non-hydrogen) atoms. The maximum atomic E-state index is 5.95. The van der Waals surface area contributed by atoms with E-state index in [9.17, 15) is 0 Å². The molecule has 0 saturated heterocycles. The summed E-state index contributed by atoms with van der Waals surface area (Å²) >= 11 is 11.7. The zero-order valence-corrected chi connectivity index (χ0v) is 9.60. The van der Waals surface area contributed by atoms with Gasteiger partial charge in [0.05, 0.1) is 21.8 Å². The number of rotatable bonds is 2. The number of aromatic nitrogens is 1. The number of hydrogen-bond donors (Lipinski definition) is 1. The van der Waals surface area contributed by atoms with Gasteiger partial charge in [0.1, 0.15) is 0 Å². The molecule has 0 radical (unpaired) electrons. The lowest BCUT2D eigenvalue weighted by atomic mass is 10.1. The summed E-state index contributed by atoms with van der Waals surface area (Å²) in [5.41, 5.74) is 7.66. The largest absolute Gasteiger partial charge is 0.319 e. The second-order valence-electron chi connectivity index (χ2n) is 3.29. The van der Waals surface area contributed by atoms with E-state index in [0.717, 1.165) is 5.57 Å². The fraction of sp³-hybridized carbons (Fsp3) is 0.300. The highest BCUT2D eigenvalue weighted by Crippen LogP contribution is 2.23. The Morgan fingerprint density at radius 1 is 1.50 bits per heavy atom. The van der Waals surface area contributed by atoms with Crippen molar-refractivity contribution >= 4 is 23.2 Å². The van der Waals surface area contributed by atoms with Gasteiger partial charge in [-0.15, -0.1) is 0 Å². The zero-order valence-electron chi connectivity index (χ0n) is 8.09. The van der Waals surface area contributed by atoms with Crippen molar-refractivity contribution < 1.29 is 0 Å². The smallest absolute Gasteiger partial charge is 0.0797 e. The Morgan fingerprint density at radius 2 is 2.14 bits per heavy atom. The molecule has 0 spiro atoms. The van der Waals surface area contributed by atoms with Crippen molar-refractivity contribution in [1.82, 2.24) is 4.98 Å². The molecule has 1 rings (SSSR count). The van der Waals surface area contributed by atoms with Crippen LogP contribution < -0.4 is 5.73 Å². The number of pyridine rings is 1. The Kier molecular flexibility index (Phi) is 3.93. The predicted octanol–water partition coefficient (Wildman–Crippen LogP) is 3.35. The first-order valence-corrected chi connectivity index (χ1v) is 4.98. The molecule has 0 aliphatic rings. The maximum absolute atomic E-state index is 5.95. The van der Waals surface area contributed by atoms with Crippen LogP contribution in [0.2, 0.25) is 10.0 Å². The molecule has 1 atom stereocenters. The molecule has 1 heterocycles. The van der Waals surface area contributed by atoms with E-state index in [-0.39, 0.29) is 6.04 Å². The lowest BCUT2D eigenvalue weighted by Gasteiger charge is -2.08. The highest BCUT2D eigenvalue weighted by Gasteiger charge is 2.09. The van der Waals surface area contributed by atoms with Crippen molar-refractivity contribution in [2.45, 2.75) is 19.9 Å². The summed E-state index contributed by atoms with van der Waals surface area (Å²) < 4.78 is 0. The van der Waals surface area contributed by atoms with Crippen molar-refractivity contribution in [1.29, 1.82) is 0 Å². The molecule has 0 bridgehead atoms. The molecule has 1 unspecified atom stereocenters. The van der Waals surface area contributed by atoms with Crippen molar-refractivity contribution in [3.8, 4) is 0 Å². The van der Waals surface area contributed by atoms with E-state index in [4.69, 9.17) is 28.9 Å². The second-order valence-corrected chi connectivity index (χ2v) is 4.13. The lowest BCUT2D eigenvalue weighted by molar-refractivity contribution is 0.853. The van der Waals surface area contributed by atoms with Gasteiger partial charge in [0, 0.05) is 6.20 Å². The van der Waals surface area contributed by atoms with E-state index in [1.165, 1.54) is 0 Å². The molecule has 1 aromatic rings. The first-order chi connectivity index (χ1) is 6.50. The minimum Gasteiger partial charge on any atom is -0.319 e. The molecule has 0 saturated carbocycles. The fourth-order valence-electron chi connectivity index (χ4n) is 1.11. The molecular weight excluding hydrogens is 219 g/mol. The van der Waals surface area contributed by atoms with Crippen LogP contribution in [0.4, 0.5) is 0 Å². The lowest BCUT2D eigenvalue weighted by Crippen LogP contribution is -2.10. The second kappa shape index (κ2) is 4.78. The van der Waals surface area contributed by atoms with Gasteiger partial charge in [0.15, 0.2) is 0 Å². The van der Waals surface area contributed by atoms with E-state index < -0.39 is 0 Å². The van der Waals surface area contributed by atoms with Crippen LogP contribution in [0, 0.1) is 0 Å². The molecule has 4 heteroatoms. The van der Waals surface area contributed by atoms with E-state index in [0.29, 0.717) is 15.7 Å². The molecule has 0 fully saturated rings. The van der Waals surface area contributed by atoms with Crippen LogP contribution in [0.25, 0.3) is 0 Å². The number of nitrogens with zero attached hydrogens (tertiary/aromatic N) is 1. The summed E-state index contributed by atoms with van der Waals surface area (Å²) in [5, 5.41) is 1.02. The number of nitrogens with two attached hydrogens (primary N) is 1. The molecule has 2 N–H and O–H groups in total. The topological polar surface area (TPSA) is 38.9 Å². The first kappa shape index (κ1) is 11.5. The summed E-state index contributed by atoms with van der Waals surface area (Å²) in [7, 11) is 0. The quantitative estimate of drug-likeness (QED) is 0.792. The summed E-state index contributed by atoms with van der Waals surface area (Å²) in [5.74, 6) is 0. The Hall–Kier alpha value is -0.570. The van der Waals surface area contributed by atoms with Crippen LogP contribution in [-0.2, 0) is 0 Å². The summed E-state index contributed by atoms with van der Waals surface area (Å²) in [4.78, 5) is 4.10. The van der Waals surface area contributed by atoms with Gasteiger partial charge >= 0.3 is 0 Å². The van der Waals surface area contributed by atoms with Gasteiger partial charge in [0.2, 0.25) is 0 Å². The van der Waals surface area contributed by atoms with Crippen molar-refractivity contribution in [3.05, 3.63) is 39.7 Å². The van der Waals surface area contributed by atoms with Crippen LogP contribution >= 0.6 is 23.2 Å². The Labute approximate surface area is 93.7 Å². The SMILES string of the molecule is CC(C)=CC(N)c1ncc(Cl)cc1Cl. The Bertz CT molecular complexity index is 357. The van der Waals surface area contributed by atoms with E-state index in [1.54, 1.807) is 12.3 Å². The molecule has 0 aromatic carbocycles. The van der Waals surface area contributed by atoms with E-state index in [1.807, 2.05) is 19.9 Å². The molecule has 76 valence electrons. The third kappa shape index (κ3) is 2.98. The number of halogens is 2. The van der Waals surface area contributed by atoms with Crippen LogP contribution in [0.1, 0.15) is 25.6 Å². The Morgan fingerprint density at radius 3 is 2.64 bits per heavy atom. The molecule has 1 aromatic heterocycles. The van der Waals surface area contributed by atoms with Gasteiger partial charge in [-0.3, -0.25) is 4.98 Å². The third-order valence-corrected chi connectivity index (χ3v) is 2.17. The standard InChI is InChI=1S/C10H12Cl2N2/c1-6(2)3-9(13)10-8(12)4-7(11)5-14-10/h3-5,9H,13H2,1-2H3. The van der Waals surface area contributed by atoms with Crippen LogP contribution in [-0.4, -0.2) is 4.98 Å². The predicted molar refractivity (Wildman–Crippen MR) is 60.6 cm³/mol. The average Bonchev–Trinajstić information content (AvgIpc) is 2.01. The summed E-state index contributed by atoms with van der Waals surface area (Å²) in [6.45, 7) is 3.95. The van der Waals surface area contributed by atoms with Crippen molar-refractivity contribution in [3.63, 3.8) is 0 Å². The van der Waals surface area contributed by atoms with Crippen LogP contribution in [0.3, 0.4) is 0 Å². The highest BCUT2D eigenvalue weighted by atomic mass is 35.5. The highest BCUT2D eigenvalue weighted by molar-refractivity contribution is 6.34. The minimum atomic E-state index is -0.273. The van der Waals surface area contributed by atoms with Gasteiger partial charge in [0.25, 0.3) is 0 Å². The van der Waals surface area contributed by atoms with Crippen molar-refractivity contribution in [2.75, 3.05) is 0 Å². The van der Waals surface area contributed by atoms with Crippen LogP contribution in [0.15, 0.2) is 23.9 Å². The van der Waals surface area contributed by atoms with Gasteiger partial charge in [-0.2, -0.15) is 0 Å². The van der Waals surface area contributed by atoms with E-state index >= 15 is 0 Å². The third-order valence-electron chi connectivity index (χ3n) is 1.66. The molecule has 0 amide bonds. The summed E-state index contributed by atoms with van der Waals surface area (Å²) in [6.07, 6.45) is 3.45. The van der Waals surface area contributed by atoms with Crippen LogP contribution in [0.5, 0.6) is 0 Å². The monoisotopic (exact) mass is 230 g/mol. The zero-order chi connectivity index (χ0) is 10.7. The molecule has 0 aliphatic carbocycles. The molecule has 0 aliphatic heterocycles. The number of hydrogen-bond acceptors (Lipinski definition) is 2. The Balaban J connectivity index is 3.02. The average molecular weight is 231 g/mol. The van der Waals surface area contributed by atoms with Gasteiger partial charge < -0.3 is 5.73 Å². The normalized spacial score (nSPS) is 12.4. The maximum Gasteiger partial charge on any atom is 0.0797 e. The molecule has 2 nitrogen and oxygen atoms in total. The number of allylic oxidation sites excluding steroid dienone is 1. The van der Waals surface area contributed by atoms with Gasteiger partial charge in [-0.1, -0.05) is 34.9 Å². The van der Waals surface area contributed by atoms with Gasteiger partial charge in [-0.25, -0.2) is 0 Å². The summed E-state index contributed by atoms with van der Waals surface area (Å²) in [6, 6.07) is 1.37. The van der Waals surface area contributed by atoms with Gasteiger partial charge in [-0.05, 0) is 19.9 Å². The molecular formula is C10H12Cl2N2. The minimum absolute atomic E-state index is 0.273. The first-order valence-electron chi connectivity index (χ1n) is 4.22. The fourth-order valence-corrected chi connectivity index (χ4v) is 1.61. The van der Waals surface area contributed by atoms with Crippen molar-refractivity contribution in [2.24, 2.45) is 5.73 Å².